The highest BCUT2D eigenvalue weighted by Gasteiger charge is 2.62. The number of amides is 1. The van der Waals surface area contributed by atoms with Gasteiger partial charge in [0.1, 0.15) is 17.0 Å². The molecule has 0 aromatic carbocycles. The molecule has 2 aliphatic carbocycles. The van der Waals surface area contributed by atoms with E-state index in [1.165, 1.54) is 17.1 Å². The molecule has 0 atom stereocenters. The Hall–Kier alpha value is -2.59. The van der Waals surface area contributed by atoms with E-state index in [4.69, 9.17) is 0 Å². The van der Waals surface area contributed by atoms with Gasteiger partial charge in [-0.3, -0.25) is 4.79 Å². The zero-order valence-corrected chi connectivity index (χ0v) is 14.7. The maximum atomic E-state index is 13.3. The molecule has 4 rings (SSSR count). The van der Waals surface area contributed by atoms with Crippen LogP contribution in [0.1, 0.15) is 41.7 Å². The highest BCUT2D eigenvalue weighted by molar-refractivity contribution is 5.94. The van der Waals surface area contributed by atoms with Crippen LogP contribution in [0.3, 0.4) is 0 Å². The Morgan fingerprint density at radius 3 is 2.46 bits per heavy atom. The third-order valence-corrected chi connectivity index (χ3v) is 5.32. The average molecular weight is 401 g/mol. The van der Waals surface area contributed by atoms with E-state index < -0.39 is 40.7 Å². The Labute approximate surface area is 156 Å². The number of hydrogen-bond donors (Lipinski definition) is 1. The van der Waals surface area contributed by atoms with Crippen molar-refractivity contribution in [1.29, 1.82) is 0 Å². The van der Waals surface area contributed by atoms with E-state index in [1.807, 2.05) is 0 Å². The number of aryl methyl sites for hydroxylation is 1. The smallest absolute Gasteiger partial charge is 0.348 e. The summed E-state index contributed by atoms with van der Waals surface area (Å²) in [5.74, 6) is -3.74. The quantitative estimate of drug-likeness (QED) is 0.802. The van der Waals surface area contributed by atoms with E-state index in [9.17, 15) is 26.7 Å². The number of aromatic nitrogens is 4. The first kappa shape index (κ1) is 18.8. The summed E-state index contributed by atoms with van der Waals surface area (Å²) in [7, 11) is 1.62. The Kier molecular flexibility index (Phi) is 3.99. The van der Waals surface area contributed by atoms with Crippen molar-refractivity contribution in [3.63, 3.8) is 0 Å². The second-order valence-electron chi connectivity index (χ2n) is 7.63. The second kappa shape index (κ2) is 5.95. The van der Waals surface area contributed by atoms with Crippen LogP contribution in [0.4, 0.5) is 22.0 Å². The fraction of sp³-hybridized carbons (Fsp3) is 0.529. The van der Waals surface area contributed by atoms with Gasteiger partial charge in [0.25, 0.3) is 5.91 Å². The normalized spacial score (nSPS) is 20.5. The van der Waals surface area contributed by atoms with Gasteiger partial charge in [-0.25, -0.2) is 23.7 Å². The fourth-order valence-electron chi connectivity index (χ4n) is 4.13. The van der Waals surface area contributed by atoms with Gasteiger partial charge in [-0.05, 0) is 18.3 Å². The molecule has 0 aliphatic heterocycles. The van der Waals surface area contributed by atoms with E-state index in [-0.39, 0.29) is 18.7 Å². The van der Waals surface area contributed by atoms with E-state index in [0.717, 1.165) is 0 Å². The minimum absolute atomic E-state index is 0.0677. The SMILES string of the molecule is Cn1cncc1-c1ncc(C(F)(F)F)c(C(=O)NC2CC3(C2)CC(F)(F)C3)n1. The monoisotopic (exact) mass is 401 g/mol. The molecule has 2 saturated carbocycles. The fourth-order valence-corrected chi connectivity index (χ4v) is 4.13. The molecule has 0 bridgehead atoms. The molecule has 150 valence electrons. The molecule has 2 aromatic rings. The van der Waals surface area contributed by atoms with Crippen molar-refractivity contribution in [2.24, 2.45) is 12.5 Å². The van der Waals surface area contributed by atoms with Gasteiger partial charge in [-0.2, -0.15) is 13.2 Å². The first-order valence-electron chi connectivity index (χ1n) is 8.58. The molecule has 2 heterocycles. The number of carbonyl (C=O) groups excluding carboxylic acids is 1. The number of alkyl halides is 5. The predicted octanol–water partition coefficient (Wildman–Crippen LogP) is 3.20. The summed E-state index contributed by atoms with van der Waals surface area (Å²) >= 11 is 0. The van der Waals surface area contributed by atoms with Crippen molar-refractivity contribution in [3.05, 3.63) is 30.0 Å². The number of imidazole rings is 1. The Morgan fingerprint density at radius 2 is 1.93 bits per heavy atom. The largest absolute Gasteiger partial charge is 0.420 e. The Morgan fingerprint density at radius 1 is 1.25 bits per heavy atom. The van der Waals surface area contributed by atoms with Crippen LogP contribution in [0.2, 0.25) is 0 Å². The van der Waals surface area contributed by atoms with Crippen LogP contribution >= 0.6 is 0 Å². The van der Waals surface area contributed by atoms with Crippen LogP contribution in [0.5, 0.6) is 0 Å². The standard InChI is InChI=1S/C17H16F5N5O/c1-27-8-23-5-11(27)13-24-4-10(17(20,21)22)12(26-13)14(28)25-9-2-15(3-9)6-16(18,19)7-15/h4-5,8-9H,2-3,6-7H2,1H3,(H,25,28). The van der Waals surface area contributed by atoms with Gasteiger partial charge >= 0.3 is 6.18 Å². The minimum atomic E-state index is -4.81. The van der Waals surface area contributed by atoms with Gasteiger partial charge in [0, 0.05) is 32.1 Å². The topological polar surface area (TPSA) is 72.7 Å². The van der Waals surface area contributed by atoms with Gasteiger partial charge in [0.15, 0.2) is 5.82 Å². The Bertz CT molecular complexity index is 922. The lowest BCUT2D eigenvalue weighted by molar-refractivity contribution is -0.197. The zero-order valence-electron chi connectivity index (χ0n) is 14.7. The highest BCUT2D eigenvalue weighted by Crippen LogP contribution is 2.62. The number of rotatable bonds is 3. The number of carbonyl (C=O) groups is 1. The third kappa shape index (κ3) is 3.22. The van der Waals surface area contributed by atoms with Gasteiger partial charge in [0.05, 0.1) is 12.5 Å². The van der Waals surface area contributed by atoms with Crippen molar-refractivity contribution in [2.75, 3.05) is 0 Å². The number of halogens is 5. The summed E-state index contributed by atoms with van der Waals surface area (Å²) < 4.78 is 67.6. The summed E-state index contributed by atoms with van der Waals surface area (Å²) in [6.07, 6.45) is -1.26. The number of nitrogens with one attached hydrogen (secondary N) is 1. The summed E-state index contributed by atoms with van der Waals surface area (Å²) in [5, 5.41) is 2.49. The molecule has 2 aromatic heterocycles. The maximum absolute atomic E-state index is 13.3. The van der Waals surface area contributed by atoms with Gasteiger partial charge < -0.3 is 9.88 Å². The van der Waals surface area contributed by atoms with Crippen molar-refractivity contribution in [1.82, 2.24) is 24.8 Å². The molecule has 11 heteroatoms. The molecular formula is C17H16F5N5O. The lowest BCUT2D eigenvalue weighted by Gasteiger charge is -2.57. The summed E-state index contributed by atoms with van der Waals surface area (Å²) in [4.78, 5) is 23.9. The van der Waals surface area contributed by atoms with E-state index in [1.54, 1.807) is 7.05 Å². The molecule has 1 N–H and O–H groups in total. The van der Waals surface area contributed by atoms with Gasteiger partial charge in [0.2, 0.25) is 5.92 Å². The van der Waals surface area contributed by atoms with Crippen molar-refractivity contribution in [2.45, 2.75) is 43.8 Å². The molecule has 6 nitrogen and oxygen atoms in total. The third-order valence-electron chi connectivity index (χ3n) is 5.32. The molecule has 2 fully saturated rings. The molecule has 0 radical (unpaired) electrons. The molecule has 1 amide bonds. The van der Waals surface area contributed by atoms with Crippen LogP contribution in [0.25, 0.3) is 11.5 Å². The summed E-state index contributed by atoms with van der Waals surface area (Å²) in [6.45, 7) is 0. The number of nitrogens with zero attached hydrogens (tertiary/aromatic N) is 4. The minimum Gasteiger partial charge on any atom is -0.348 e. The zero-order chi connectivity index (χ0) is 20.3. The van der Waals surface area contributed by atoms with Crippen molar-refractivity contribution < 1.29 is 26.7 Å². The molecule has 1 spiro atoms. The summed E-state index contributed by atoms with van der Waals surface area (Å²) in [5.41, 5.74) is -2.19. The van der Waals surface area contributed by atoms with Crippen LogP contribution in [0, 0.1) is 5.41 Å². The van der Waals surface area contributed by atoms with Crippen molar-refractivity contribution >= 4 is 5.91 Å². The Balaban J connectivity index is 1.55. The van der Waals surface area contributed by atoms with Gasteiger partial charge in [-0.15, -0.1) is 0 Å². The van der Waals surface area contributed by atoms with E-state index >= 15 is 0 Å². The van der Waals surface area contributed by atoms with Gasteiger partial charge in [-0.1, -0.05) is 0 Å². The molecule has 28 heavy (non-hydrogen) atoms. The number of hydrogen-bond acceptors (Lipinski definition) is 4. The maximum Gasteiger partial charge on any atom is 0.420 e. The predicted molar refractivity (Wildman–Crippen MR) is 86.3 cm³/mol. The van der Waals surface area contributed by atoms with Crippen molar-refractivity contribution in [3.8, 4) is 11.5 Å². The highest BCUT2D eigenvalue weighted by atomic mass is 19.4. The molecule has 2 aliphatic rings. The van der Waals surface area contributed by atoms with E-state index in [0.29, 0.717) is 24.7 Å². The molecule has 0 saturated heterocycles. The average Bonchev–Trinajstić information content (AvgIpc) is 2.96. The summed E-state index contributed by atoms with van der Waals surface area (Å²) in [6, 6.07) is -0.445. The van der Waals surface area contributed by atoms with Crippen LogP contribution in [-0.4, -0.2) is 37.4 Å². The van der Waals surface area contributed by atoms with Crippen LogP contribution in [-0.2, 0) is 13.2 Å². The lowest BCUT2D eigenvalue weighted by Crippen LogP contribution is -2.60. The first-order valence-corrected chi connectivity index (χ1v) is 8.58. The molecular weight excluding hydrogens is 385 g/mol. The van der Waals surface area contributed by atoms with Crippen LogP contribution in [0.15, 0.2) is 18.7 Å². The first-order chi connectivity index (χ1) is 13.0. The lowest BCUT2D eigenvalue weighted by atomic mass is 9.52. The second-order valence-corrected chi connectivity index (χ2v) is 7.63. The molecule has 0 unspecified atom stereocenters. The van der Waals surface area contributed by atoms with Crippen LogP contribution < -0.4 is 5.32 Å². The van der Waals surface area contributed by atoms with E-state index in [2.05, 4.69) is 20.3 Å².